The van der Waals surface area contributed by atoms with E-state index in [4.69, 9.17) is 23.2 Å². The molecule has 2 nitrogen and oxygen atoms in total. The number of hydrogen-bond donors (Lipinski definition) is 0. The topological polar surface area (TPSA) is 17.8 Å². The van der Waals surface area contributed by atoms with Gasteiger partial charge in [-0.1, -0.05) is 27.5 Å². The minimum atomic E-state index is 0.348. The van der Waals surface area contributed by atoms with Gasteiger partial charge in [0.2, 0.25) is 0 Å². The number of hydrogen-bond acceptors (Lipinski definition) is 1. The highest BCUT2D eigenvalue weighted by molar-refractivity contribution is 9.10. The zero-order valence-corrected chi connectivity index (χ0v) is 14.7. The Morgan fingerprint density at radius 2 is 1.81 bits per heavy atom. The van der Waals surface area contributed by atoms with Crippen molar-refractivity contribution in [1.82, 2.24) is 9.55 Å². The molecule has 0 amide bonds. The average molecular weight is 384 g/mol. The molecular formula is C16H13BrCl2N2. The van der Waals surface area contributed by atoms with Crippen molar-refractivity contribution in [1.29, 1.82) is 0 Å². The van der Waals surface area contributed by atoms with Crippen LogP contribution < -0.4 is 0 Å². The van der Waals surface area contributed by atoms with Crippen molar-refractivity contribution < 1.29 is 0 Å². The second kappa shape index (κ2) is 5.64. The molecule has 0 radical (unpaired) electrons. The molecule has 0 aliphatic heterocycles. The molecule has 3 rings (SSSR count). The lowest BCUT2D eigenvalue weighted by Crippen LogP contribution is -2.04. The summed E-state index contributed by atoms with van der Waals surface area (Å²) in [6, 6.07) is 9.93. The normalized spacial score (nSPS) is 11.3. The molecular weight excluding hydrogens is 371 g/mol. The van der Waals surface area contributed by atoms with E-state index in [0.29, 0.717) is 10.9 Å². The summed E-state index contributed by atoms with van der Waals surface area (Å²) in [5.41, 5.74) is 5.34. The fraction of sp³-hybridized carbons (Fsp3) is 0.188. The molecule has 1 aromatic heterocycles. The maximum Gasteiger partial charge on any atom is 0.129 e. The van der Waals surface area contributed by atoms with E-state index in [1.165, 1.54) is 11.1 Å². The summed E-state index contributed by atoms with van der Waals surface area (Å²) in [5, 5.41) is 0.678. The SMILES string of the molecule is Cc1cc(Br)cc(C)c1-n1c(CCl)nc2cc(Cl)ccc21. The minimum Gasteiger partial charge on any atom is -0.295 e. The average Bonchev–Trinajstić information content (AvgIpc) is 2.75. The maximum atomic E-state index is 6.10. The second-order valence-corrected chi connectivity index (χ2v) is 6.64. The molecule has 0 N–H and O–H groups in total. The number of alkyl halides is 1. The molecule has 0 spiro atoms. The molecule has 0 atom stereocenters. The molecule has 0 bridgehead atoms. The standard InChI is InChI=1S/C16H13BrCl2N2/c1-9-5-11(17)6-10(2)16(9)21-14-4-3-12(19)7-13(14)20-15(21)8-18/h3-7H,8H2,1-2H3. The number of fused-ring (bicyclic) bond motifs is 1. The summed E-state index contributed by atoms with van der Waals surface area (Å²) in [4.78, 5) is 4.61. The first kappa shape index (κ1) is 14.9. The number of rotatable bonds is 2. The van der Waals surface area contributed by atoms with Gasteiger partial charge in [0.1, 0.15) is 5.82 Å². The Labute approximate surface area is 141 Å². The van der Waals surface area contributed by atoms with Crippen molar-refractivity contribution in [3.05, 3.63) is 56.8 Å². The van der Waals surface area contributed by atoms with Crippen molar-refractivity contribution >= 4 is 50.2 Å². The minimum absolute atomic E-state index is 0.348. The third kappa shape index (κ3) is 2.59. The van der Waals surface area contributed by atoms with Crippen LogP contribution in [0.15, 0.2) is 34.8 Å². The molecule has 0 aliphatic rings. The quantitative estimate of drug-likeness (QED) is 0.511. The van der Waals surface area contributed by atoms with Gasteiger partial charge in [0.25, 0.3) is 0 Å². The summed E-state index contributed by atoms with van der Waals surface area (Å²) < 4.78 is 3.19. The fourth-order valence-corrected chi connectivity index (χ4v) is 3.73. The van der Waals surface area contributed by atoms with Gasteiger partial charge in [0, 0.05) is 9.50 Å². The molecule has 2 aromatic carbocycles. The van der Waals surface area contributed by atoms with Gasteiger partial charge >= 0.3 is 0 Å². The van der Waals surface area contributed by atoms with Crippen molar-refractivity contribution in [3.63, 3.8) is 0 Å². The van der Waals surface area contributed by atoms with Crippen LogP contribution in [0.25, 0.3) is 16.7 Å². The van der Waals surface area contributed by atoms with Crippen molar-refractivity contribution in [2.75, 3.05) is 0 Å². The van der Waals surface area contributed by atoms with Crippen LogP contribution in [-0.4, -0.2) is 9.55 Å². The Kier molecular flexibility index (Phi) is 4.00. The number of aryl methyl sites for hydroxylation is 2. The van der Waals surface area contributed by atoms with E-state index in [0.717, 1.165) is 27.0 Å². The number of imidazole rings is 1. The van der Waals surface area contributed by atoms with Gasteiger partial charge in [0.15, 0.2) is 0 Å². The van der Waals surface area contributed by atoms with Gasteiger partial charge in [0.05, 0.1) is 22.6 Å². The predicted molar refractivity (Wildman–Crippen MR) is 92.8 cm³/mol. The van der Waals surface area contributed by atoms with Crippen LogP contribution in [0, 0.1) is 13.8 Å². The summed E-state index contributed by atoms with van der Waals surface area (Å²) in [7, 11) is 0. The van der Waals surface area contributed by atoms with Crippen LogP contribution in [0.1, 0.15) is 17.0 Å². The van der Waals surface area contributed by atoms with E-state index in [-0.39, 0.29) is 0 Å². The summed E-state index contributed by atoms with van der Waals surface area (Å²) in [6.07, 6.45) is 0. The van der Waals surface area contributed by atoms with E-state index >= 15 is 0 Å². The monoisotopic (exact) mass is 382 g/mol. The zero-order chi connectivity index (χ0) is 15.1. The number of nitrogens with zero attached hydrogens (tertiary/aromatic N) is 2. The van der Waals surface area contributed by atoms with E-state index in [2.05, 4.69) is 51.5 Å². The molecule has 0 saturated heterocycles. The first-order valence-corrected chi connectivity index (χ1v) is 8.22. The molecule has 5 heteroatoms. The highest BCUT2D eigenvalue weighted by Crippen LogP contribution is 2.30. The van der Waals surface area contributed by atoms with Crippen LogP contribution >= 0.6 is 39.1 Å². The molecule has 3 aromatic rings. The van der Waals surface area contributed by atoms with E-state index < -0.39 is 0 Å². The highest BCUT2D eigenvalue weighted by atomic mass is 79.9. The molecule has 1 heterocycles. The van der Waals surface area contributed by atoms with Crippen molar-refractivity contribution in [2.24, 2.45) is 0 Å². The van der Waals surface area contributed by atoms with Gasteiger partial charge in [-0.05, 0) is 55.3 Å². The first-order chi connectivity index (χ1) is 10.0. The van der Waals surface area contributed by atoms with Crippen LogP contribution in [0.3, 0.4) is 0 Å². The molecule has 21 heavy (non-hydrogen) atoms. The number of halogens is 3. The lowest BCUT2D eigenvalue weighted by atomic mass is 10.1. The van der Waals surface area contributed by atoms with E-state index in [1.807, 2.05) is 18.2 Å². The third-order valence-corrected chi connectivity index (χ3v) is 4.42. The Morgan fingerprint density at radius 1 is 1.14 bits per heavy atom. The predicted octanol–water partition coefficient (Wildman–Crippen LogP) is 5.80. The van der Waals surface area contributed by atoms with E-state index in [9.17, 15) is 0 Å². The van der Waals surface area contributed by atoms with E-state index in [1.54, 1.807) is 0 Å². The van der Waals surface area contributed by atoms with Gasteiger partial charge < -0.3 is 0 Å². The molecule has 0 aliphatic carbocycles. The Balaban J connectivity index is 2.39. The van der Waals surface area contributed by atoms with Crippen LogP contribution in [0.2, 0.25) is 5.02 Å². The van der Waals surface area contributed by atoms with Crippen LogP contribution in [-0.2, 0) is 5.88 Å². The van der Waals surface area contributed by atoms with Gasteiger partial charge in [-0.2, -0.15) is 0 Å². The first-order valence-electron chi connectivity index (χ1n) is 6.51. The van der Waals surface area contributed by atoms with Crippen molar-refractivity contribution in [3.8, 4) is 5.69 Å². The Hall–Kier alpha value is -1.03. The molecule has 0 unspecified atom stereocenters. The zero-order valence-electron chi connectivity index (χ0n) is 11.6. The number of benzene rings is 2. The largest absolute Gasteiger partial charge is 0.295 e. The van der Waals surface area contributed by atoms with Gasteiger partial charge in [-0.25, -0.2) is 4.98 Å². The fourth-order valence-electron chi connectivity index (χ4n) is 2.70. The van der Waals surface area contributed by atoms with Crippen LogP contribution in [0.4, 0.5) is 0 Å². The summed E-state index contributed by atoms with van der Waals surface area (Å²) in [6.45, 7) is 4.18. The molecule has 108 valence electrons. The molecule has 0 fully saturated rings. The van der Waals surface area contributed by atoms with Crippen molar-refractivity contribution in [2.45, 2.75) is 19.7 Å². The van der Waals surface area contributed by atoms with Gasteiger partial charge in [-0.3, -0.25) is 4.57 Å². The lowest BCUT2D eigenvalue weighted by molar-refractivity contribution is 0.961. The second-order valence-electron chi connectivity index (χ2n) is 5.02. The summed E-state index contributed by atoms with van der Waals surface area (Å²) >= 11 is 15.7. The lowest BCUT2D eigenvalue weighted by Gasteiger charge is -2.15. The van der Waals surface area contributed by atoms with Gasteiger partial charge in [-0.15, -0.1) is 11.6 Å². The highest BCUT2D eigenvalue weighted by Gasteiger charge is 2.16. The Bertz CT molecular complexity index is 817. The Morgan fingerprint density at radius 3 is 2.43 bits per heavy atom. The summed E-state index contributed by atoms with van der Waals surface area (Å²) in [5.74, 6) is 1.17. The smallest absolute Gasteiger partial charge is 0.129 e. The number of aromatic nitrogens is 2. The maximum absolute atomic E-state index is 6.10. The van der Waals surface area contributed by atoms with Crippen LogP contribution in [0.5, 0.6) is 0 Å². The molecule has 0 saturated carbocycles. The third-order valence-electron chi connectivity index (χ3n) is 3.48.